The van der Waals surface area contributed by atoms with Gasteiger partial charge in [-0.15, -0.1) is 0 Å². The number of hydrogen-bond donors (Lipinski definition) is 1. The van der Waals surface area contributed by atoms with Crippen LogP contribution in [-0.4, -0.2) is 54.5 Å². The van der Waals surface area contributed by atoms with Crippen LogP contribution in [0.4, 0.5) is 4.79 Å². The fourth-order valence-corrected chi connectivity index (χ4v) is 2.92. The second kappa shape index (κ2) is 7.70. The molecule has 1 aliphatic heterocycles. The zero-order valence-corrected chi connectivity index (χ0v) is 14.0. The summed E-state index contributed by atoms with van der Waals surface area (Å²) in [5.41, 5.74) is 0.655. The fraction of sp³-hybridized carbons (Fsp3) is 0.467. The first kappa shape index (κ1) is 16.9. The standard InChI is InChI=1S/C15H19Cl2N3O2/c1-2-18-15(22)20-8-6-19(7-9-20)14(21)10-11-12(16)4-3-5-13(11)17/h3-5H,2,6-10H2,1H3,(H,18,22). The van der Waals surface area contributed by atoms with Gasteiger partial charge < -0.3 is 15.1 Å². The highest BCUT2D eigenvalue weighted by molar-refractivity contribution is 6.36. The molecule has 1 aromatic rings. The summed E-state index contributed by atoms with van der Waals surface area (Å²) in [6.07, 6.45) is 0.180. The molecule has 1 saturated heterocycles. The smallest absolute Gasteiger partial charge is 0.317 e. The third kappa shape index (κ3) is 4.05. The van der Waals surface area contributed by atoms with E-state index in [1.807, 2.05) is 6.92 Å². The molecule has 5 nitrogen and oxygen atoms in total. The topological polar surface area (TPSA) is 52.7 Å². The number of carbonyl (C=O) groups excluding carboxylic acids is 2. The average Bonchev–Trinajstić information content (AvgIpc) is 2.51. The minimum absolute atomic E-state index is 0.0226. The quantitative estimate of drug-likeness (QED) is 0.916. The Hall–Kier alpha value is -1.46. The van der Waals surface area contributed by atoms with Gasteiger partial charge in [0.2, 0.25) is 5.91 Å². The predicted molar refractivity (Wildman–Crippen MR) is 87.4 cm³/mol. The van der Waals surface area contributed by atoms with Gasteiger partial charge in [-0.05, 0) is 24.6 Å². The van der Waals surface area contributed by atoms with Crippen molar-refractivity contribution < 1.29 is 9.59 Å². The zero-order valence-electron chi connectivity index (χ0n) is 12.4. The third-order valence-electron chi connectivity index (χ3n) is 3.64. The number of amides is 3. The van der Waals surface area contributed by atoms with Crippen molar-refractivity contribution in [3.05, 3.63) is 33.8 Å². The Balaban J connectivity index is 1.92. The van der Waals surface area contributed by atoms with Crippen LogP contribution in [-0.2, 0) is 11.2 Å². The molecular weight excluding hydrogens is 325 g/mol. The molecule has 1 N–H and O–H groups in total. The van der Waals surface area contributed by atoms with Gasteiger partial charge in [-0.1, -0.05) is 29.3 Å². The molecule has 1 heterocycles. The van der Waals surface area contributed by atoms with E-state index in [4.69, 9.17) is 23.2 Å². The van der Waals surface area contributed by atoms with Gasteiger partial charge in [0.05, 0.1) is 6.42 Å². The van der Waals surface area contributed by atoms with Crippen LogP contribution in [0.2, 0.25) is 10.0 Å². The van der Waals surface area contributed by atoms with Crippen LogP contribution in [0.15, 0.2) is 18.2 Å². The predicted octanol–water partition coefficient (Wildman–Crippen LogP) is 2.41. The van der Waals surface area contributed by atoms with Crippen molar-refractivity contribution >= 4 is 35.1 Å². The van der Waals surface area contributed by atoms with E-state index >= 15 is 0 Å². The summed E-state index contributed by atoms with van der Waals surface area (Å²) in [7, 11) is 0. The molecule has 0 bridgehead atoms. The molecule has 1 aromatic carbocycles. The number of urea groups is 1. The number of hydrogen-bond acceptors (Lipinski definition) is 2. The SMILES string of the molecule is CCNC(=O)N1CCN(C(=O)Cc2c(Cl)cccc2Cl)CC1. The number of piperazine rings is 1. The Bertz CT molecular complexity index is 537. The van der Waals surface area contributed by atoms with Crippen molar-refractivity contribution in [2.24, 2.45) is 0 Å². The number of nitrogens with one attached hydrogen (secondary N) is 1. The second-order valence-corrected chi connectivity index (χ2v) is 5.89. The van der Waals surface area contributed by atoms with E-state index in [1.54, 1.807) is 28.0 Å². The maximum Gasteiger partial charge on any atom is 0.317 e. The molecule has 0 saturated carbocycles. The molecule has 1 fully saturated rings. The van der Waals surface area contributed by atoms with Crippen LogP contribution in [0, 0.1) is 0 Å². The summed E-state index contributed by atoms with van der Waals surface area (Å²) in [5, 5.41) is 3.77. The summed E-state index contributed by atoms with van der Waals surface area (Å²) >= 11 is 12.2. The van der Waals surface area contributed by atoms with Crippen molar-refractivity contribution in [2.75, 3.05) is 32.7 Å². The van der Waals surface area contributed by atoms with Crippen LogP contribution in [0.1, 0.15) is 12.5 Å². The Morgan fingerprint density at radius 1 is 1.09 bits per heavy atom. The summed E-state index contributed by atoms with van der Waals surface area (Å²) < 4.78 is 0. The molecule has 0 radical (unpaired) electrons. The first-order valence-electron chi connectivity index (χ1n) is 7.26. The summed E-state index contributed by atoms with van der Waals surface area (Å²) in [5.74, 6) is -0.0226. The fourth-order valence-electron chi connectivity index (χ4n) is 2.39. The lowest BCUT2D eigenvalue weighted by Crippen LogP contribution is -2.53. The maximum absolute atomic E-state index is 12.4. The van der Waals surface area contributed by atoms with Crippen molar-refractivity contribution in [1.29, 1.82) is 0 Å². The van der Waals surface area contributed by atoms with Gasteiger partial charge in [0.1, 0.15) is 0 Å². The Morgan fingerprint density at radius 3 is 2.18 bits per heavy atom. The minimum atomic E-state index is -0.0799. The van der Waals surface area contributed by atoms with Crippen molar-refractivity contribution in [1.82, 2.24) is 15.1 Å². The Labute approximate surface area is 140 Å². The highest BCUT2D eigenvalue weighted by Gasteiger charge is 2.24. The van der Waals surface area contributed by atoms with Crippen LogP contribution < -0.4 is 5.32 Å². The monoisotopic (exact) mass is 343 g/mol. The van der Waals surface area contributed by atoms with Gasteiger partial charge in [-0.3, -0.25) is 4.79 Å². The normalized spacial score (nSPS) is 14.9. The van der Waals surface area contributed by atoms with Gasteiger partial charge in [-0.2, -0.15) is 0 Å². The zero-order chi connectivity index (χ0) is 16.1. The van der Waals surface area contributed by atoms with Gasteiger partial charge in [0.15, 0.2) is 0 Å². The molecule has 0 atom stereocenters. The molecule has 2 rings (SSSR count). The molecule has 22 heavy (non-hydrogen) atoms. The van der Waals surface area contributed by atoms with Gasteiger partial charge in [-0.25, -0.2) is 4.79 Å². The molecule has 0 spiro atoms. The van der Waals surface area contributed by atoms with Gasteiger partial charge >= 0.3 is 6.03 Å². The lowest BCUT2D eigenvalue weighted by Gasteiger charge is -2.34. The first-order chi connectivity index (χ1) is 10.5. The number of nitrogens with zero attached hydrogens (tertiary/aromatic N) is 2. The van der Waals surface area contributed by atoms with Crippen LogP contribution in [0.5, 0.6) is 0 Å². The van der Waals surface area contributed by atoms with E-state index in [0.717, 1.165) is 0 Å². The largest absolute Gasteiger partial charge is 0.339 e. The number of carbonyl (C=O) groups is 2. The molecule has 7 heteroatoms. The first-order valence-corrected chi connectivity index (χ1v) is 8.02. The molecule has 0 unspecified atom stereocenters. The molecule has 3 amide bonds. The van der Waals surface area contributed by atoms with Gasteiger partial charge in [0.25, 0.3) is 0 Å². The van der Waals surface area contributed by atoms with Crippen LogP contribution in [0.3, 0.4) is 0 Å². The second-order valence-electron chi connectivity index (χ2n) is 5.08. The summed E-state index contributed by atoms with van der Waals surface area (Å²) in [6.45, 7) is 4.60. The van der Waals surface area contributed by atoms with E-state index in [1.165, 1.54) is 0 Å². The van der Waals surface area contributed by atoms with Crippen LogP contribution in [0.25, 0.3) is 0 Å². The number of rotatable bonds is 3. The maximum atomic E-state index is 12.4. The Kier molecular flexibility index (Phi) is 5.91. The lowest BCUT2D eigenvalue weighted by molar-refractivity contribution is -0.131. The van der Waals surface area contributed by atoms with E-state index in [2.05, 4.69) is 5.32 Å². The molecule has 120 valence electrons. The minimum Gasteiger partial charge on any atom is -0.339 e. The Morgan fingerprint density at radius 2 is 1.64 bits per heavy atom. The molecular formula is C15H19Cl2N3O2. The molecule has 0 aliphatic carbocycles. The third-order valence-corrected chi connectivity index (χ3v) is 4.35. The summed E-state index contributed by atoms with van der Waals surface area (Å²) in [6, 6.07) is 5.12. The highest BCUT2D eigenvalue weighted by atomic mass is 35.5. The van der Waals surface area contributed by atoms with Crippen molar-refractivity contribution in [3.8, 4) is 0 Å². The van der Waals surface area contributed by atoms with E-state index in [-0.39, 0.29) is 18.4 Å². The van der Waals surface area contributed by atoms with E-state index < -0.39 is 0 Å². The highest BCUT2D eigenvalue weighted by Crippen LogP contribution is 2.25. The van der Waals surface area contributed by atoms with Crippen LogP contribution >= 0.6 is 23.2 Å². The van der Waals surface area contributed by atoms with Crippen molar-refractivity contribution in [2.45, 2.75) is 13.3 Å². The number of benzene rings is 1. The lowest BCUT2D eigenvalue weighted by atomic mass is 10.1. The average molecular weight is 344 g/mol. The molecule has 1 aliphatic rings. The van der Waals surface area contributed by atoms with E-state index in [0.29, 0.717) is 48.3 Å². The number of halogens is 2. The van der Waals surface area contributed by atoms with Crippen molar-refractivity contribution in [3.63, 3.8) is 0 Å². The molecule has 0 aromatic heterocycles. The summed E-state index contributed by atoms with van der Waals surface area (Å²) in [4.78, 5) is 27.6. The van der Waals surface area contributed by atoms with Gasteiger partial charge in [0, 0.05) is 42.8 Å². The van der Waals surface area contributed by atoms with E-state index in [9.17, 15) is 9.59 Å².